The van der Waals surface area contributed by atoms with Gasteiger partial charge in [0.1, 0.15) is 16.8 Å². The maximum Gasteiger partial charge on any atom is 0.410 e. The number of aliphatic hydroxyl groups is 2. The Hall–Kier alpha value is -3.32. The Morgan fingerprint density at radius 3 is 1.52 bits per heavy atom. The van der Waals surface area contributed by atoms with Crippen molar-refractivity contribution in [3.05, 3.63) is 24.3 Å². The fourth-order valence-electron chi connectivity index (χ4n) is 7.43. The number of hydrogen-bond donors (Lipinski definition) is 3. The smallest absolute Gasteiger partial charge is 0.410 e. The lowest BCUT2D eigenvalue weighted by Crippen LogP contribution is -2.41. The van der Waals surface area contributed by atoms with Gasteiger partial charge in [0.2, 0.25) is 5.91 Å². The van der Waals surface area contributed by atoms with Gasteiger partial charge in [-0.05, 0) is 106 Å². The number of fused-ring (bicyclic) bond motifs is 4. The van der Waals surface area contributed by atoms with E-state index < -0.39 is 11.7 Å². The molecule has 8 atom stereocenters. The Morgan fingerprint density at radius 2 is 1.17 bits per heavy atom. The Kier molecular flexibility index (Phi) is 15.9. The number of carbonyl (C=O) groups excluding carboxylic acids is 4. The van der Waals surface area contributed by atoms with Crippen LogP contribution in [0.1, 0.15) is 115 Å². The summed E-state index contributed by atoms with van der Waals surface area (Å²) in [5.74, 6) is 1.67. The molecule has 13 nitrogen and oxygen atoms in total. The molecule has 4 fully saturated rings. The normalized spacial score (nSPS) is 29.1. The first-order valence-corrected chi connectivity index (χ1v) is 19.9. The SMILES string of the molecule is CC(C)(C)OC(=O)N1CC(CO)CC1CO.CC(C)(C)OC(=O)N1CC2C=CC1C2.CCC1CC(CC)N(C(=O)OC(C)(C)C)C1.O=C1NC2C=CC1C2. The summed E-state index contributed by atoms with van der Waals surface area (Å²) in [4.78, 5) is 51.4. The van der Waals surface area contributed by atoms with E-state index in [-0.39, 0.29) is 66.4 Å². The highest BCUT2D eigenvalue weighted by atomic mass is 16.6. The van der Waals surface area contributed by atoms with Crippen LogP contribution in [0.4, 0.5) is 14.4 Å². The fraction of sp³-hybridized carbons (Fsp3) is 0.805. The highest BCUT2D eigenvalue weighted by molar-refractivity contribution is 5.84. The monoisotopic (exact) mass is 763 g/mol. The molecule has 0 saturated carbocycles. The molecule has 0 spiro atoms. The summed E-state index contributed by atoms with van der Waals surface area (Å²) in [5.41, 5.74) is -1.31. The van der Waals surface area contributed by atoms with Gasteiger partial charge in [-0.25, -0.2) is 14.4 Å². The van der Waals surface area contributed by atoms with E-state index in [0.29, 0.717) is 36.9 Å². The number of amides is 4. The van der Waals surface area contributed by atoms with Crippen LogP contribution in [-0.4, -0.2) is 123 Å². The van der Waals surface area contributed by atoms with Crippen molar-refractivity contribution < 1.29 is 43.6 Å². The molecule has 4 amide bonds. The van der Waals surface area contributed by atoms with E-state index >= 15 is 0 Å². The van der Waals surface area contributed by atoms with Gasteiger partial charge < -0.3 is 44.4 Å². The van der Waals surface area contributed by atoms with E-state index in [9.17, 15) is 19.2 Å². The predicted octanol–water partition coefficient (Wildman–Crippen LogP) is 6.27. The van der Waals surface area contributed by atoms with E-state index in [1.165, 1.54) is 4.90 Å². The maximum absolute atomic E-state index is 12.0. The Balaban J connectivity index is 0.000000198. The average molecular weight is 763 g/mol. The number of nitrogens with one attached hydrogen (secondary N) is 1. The van der Waals surface area contributed by atoms with E-state index in [1.807, 2.05) is 57.4 Å². The summed E-state index contributed by atoms with van der Waals surface area (Å²) < 4.78 is 16.0. The zero-order valence-corrected chi connectivity index (χ0v) is 34.8. The minimum absolute atomic E-state index is 0.0375. The first-order valence-electron chi connectivity index (χ1n) is 19.9. The maximum atomic E-state index is 12.0. The molecule has 0 aromatic rings. The Bertz CT molecular complexity index is 1280. The molecule has 6 rings (SSSR count). The lowest BCUT2D eigenvalue weighted by atomic mass is 10.0. The number of aliphatic hydroxyl groups excluding tert-OH is 2. The molecule has 13 heteroatoms. The van der Waals surface area contributed by atoms with Gasteiger partial charge in [0.25, 0.3) is 0 Å². The third-order valence-corrected chi connectivity index (χ3v) is 10.1. The van der Waals surface area contributed by atoms with Crippen molar-refractivity contribution in [3.8, 4) is 0 Å². The van der Waals surface area contributed by atoms with E-state index in [1.54, 1.807) is 20.8 Å². The van der Waals surface area contributed by atoms with Crippen LogP contribution >= 0.6 is 0 Å². The Morgan fingerprint density at radius 1 is 0.648 bits per heavy atom. The molecule has 4 heterocycles. The quantitative estimate of drug-likeness (QED) is 0.222. The van der Waals surface area contributed by atoms with Crippen molar-refractivity contribution in [1.29, 1.82) is 0 Å². The molecule has 4 bridgehead atoms. The molecule has 0 aromatic heterocycles. The van der Waals surface area contributed by atoms with Crippen molar-refractivity contribution in [2.75, 3.05) is 32.8 Å². The lowest BCUT2D eigenvalue weighted by molar-refractivity contribution is -0.121. The molecule has 4 aliphatic heterocycles. The lowest BCUT2D eigenvalue weighted by Gasteiger charge is -2.28. The highest BCUT2D eigenvalue weighted by Crippen LogP contribution is 2.33. The van der Waals surface area contributed by atoms with Crippen molar-refractivity contribution in [3.63, 3.8) is 0 Å². The highest BCUT2D eigenvalue weighted by Gasteiger charge is 2.39. The van der Waals surface area contributed by atoms with Crippen molar-refractivity contribution >= 4 is 24.2 Å². The van der Waals surface area contributed by atoms with Gasteiger partial charge in [-0.2, -0.15) is 0 Å². The van der Waals surface area contributed by atoms with Gasteiger partial charge in [-0.3, -0.25) is 4.79 Å². The summed E-state index contributed by atoms with van der Waals surface area (Å²) in [5, 5.41) is 21.0. The fourth-order valence-corrected chi connectivity index (χ4v) is 7.43. The minimum atomic E-state index is -0.533. The first-order chi connectivity index (χ1) is 25.1. The van der Waals surface area contributed by atoms with Crippen molar-refractivity contribution in [1.82, 2.24) is 20.0 Å². The molecule has 3 N–H and O–H groups in total. The number of rotatable bonds is 4. The molecule has 2 aliphatic carbocycles. The second-order valence-electron chi connectivity index (χ2n) is 18.4. The van der Waals surface area contributed by atoms with Crippen LogP contribution in [0.15, 0.2) is 24.3 Å². The average Bonchev–Trinajstić information content (AvgIpc) is 3.92. The number of ether oxygens (including phenoxy) is 3. The number of hydrogen-bond acceptors (Lipinski definition) is 9. The van der Waals surface area contributed by atoms with Crippen LogP contribution in [0.3, 0.4) is 0 Å². The van der Waals surface area contributed by atoms with Gasteiger partial charge >= 0.3 is 18.3 Å². The van der Waals surface area contributed by atoms with Crippen LogP contribution in [0, 0.1) is 23.7 Å². The van der Waals surface area contributed by atoms with E-state index in [4.69, 9.17) is 24.4 Å². The number of likely N-dealkylation sites (tertiary alicyclic amines) is 3. The van der Waals surface area contributed by atoms with Crippen molar-refractivity contribution in [2.45, 2.75) is 156 Å². The third-order valence-electron chi connectivity index (χ3n) is 10.1. The molecular formula is C41H70N4O9. The van der Waals surface area contributed by atoms with Crippen LogP contribution in [0.5, 0.6) is 0 Å². The number of carbonyl (C=O) groups is 4. The van der Waals surface area contributed by atoms with Crippen LogP contribution in [0.25, 0.3) is 0 Å². The molecule has 0 aromatic carbocycles. The minimum Gasteiger partial charge on any atom is -0.444 e. The summed E-state index contributed by atoms with van der Waals surface area (Å²) >= 11 is 0. The van der Waals surface area contributed by atoms with Gasteiger partial charge in [-0.15, -0.1) is 0 Å². The van der Waals surface area contributed by atoms with Gasteiger partial charge in [0.15, 0.2) is 0 Å². The second-order valence-corrected chi connectivity index (χ2v) is 18.4. The van der Waals surface area contributed by atoms with Gasteiger partial charge in [-0.1, -0.05) is 44.6 Å². The molecule has 0 radical (unpaired) electrons. The van der Waals surface area contributed by atoms with E-state index in [0.717, 1.165) is 45.2 Å². The summed E-state index contributed by atoms with van der Waals surface area (Å²) in [7, 11) is 0. The van der Waals surface area contributed by atoms with Crippen LogP contribution < -0.4 is 5.32 Å². The summed E-state index contributed by atoms with van der Waals surface area (Å²) in [6.45, 7) is 23.3. The summed E-state index contributed by atoms with van der Waals surface area (Å²) in [6.07, 6.45) is 13.6. The van der Waals surface area contributed by atoms with Gasteiger partial charge in [0.05, 0.1) is 24.6 Å². The van der Waals surface area contributed by atoms with E-state index in [2.05, 4.69) is 37.4 Å². The van der Waals surface area contributed by atoms with Crippen molar-refractivity contribution in [2.24, 2.45) is 23.7 Å². The molecule has 6 aliphatic rings. The van der Waals surface area contributed by atoms with Crippen LogP contribution in [-0.2, 0) is 19.0 Å². The first kappa shape index (κ1) is 45.1. The predicted molar refractivity (Wildman–Crippen MR) is 208 cm³/mol. The Labute approximate surface area is 323 Å². The summed E-state index contributed by atoms with van der Waals surface area (Å²) in [6, 6.07) is 0.800. The van der Waals surface area contributed by atoms with Gasteiger partial charge in [0, 0.05) is 44.2 Å². The molecule has 54 heavy (non-hydrogen) atoms. The molecular weight excluding hydrogens is 692 g/mol. The zero-order valence-electron chi connectivity index (χ0n) is 34.8. The second kappa shape index (κ2) is 19.0. The molecule has 4 saturated heterocycles. The molecule has 308 valence electrons. The zero-order chi connectivity index (χ0) is 40.6. The molecule has 8 unspecified atom stereocenters. The number of nitrogens with zero attached hydrogens (tertiary/aromatic N) is 3. The third kappa shape index (κ3) is 13.8. The largest absolute Gasteiger partial charge is 0.444 e. The standard InChI is InChI=1S/C13H25NO2.C11H21NO4.C11H17NO2.C6H7NO/c1-6-10-8-11(7-2)14(9-10)12(15)16-13(3,4)5;1-11(2,3)16-10(15)12-5-8(6-13)4-9(12)7-14;1-11(2,3)14-10(13)12-7-8-4-5-9(12)6-8;8-6-4-1-2-5(3-4)7-6/h10-11H,6-9H2,1-5H3;8-9,13-14H,4-7H2,1-3H3;4-5,8-9H,6-7H2,1-3H3;1-2,4-5H,3H2,(H,7,8). The van der Waals surface area contributed by atoms with Crippen LogP contribution in [0.2, 0.25) is 0 Å². The topological polar surface area (TPSA) is 158 Å².